The van der Waals surface area contributed by atoms with E-state index < -0.39 is 6.09 Å². The Bertz CT molecular complexity index is 769. The maximum atomic E-state index is 11.5. The minimum Gasteiger partial charge on any atom is -0.465 e. The zero-order valence-corrected chi connectivity index (χ0v) is 19.3. The number of anilines is 1. The lowest BCUT2D eigenvalue weighted by atomic mass is 10.0. The Hall–Kier alpha value is -2.62. The molecule has 1 amide bonds. The first kappa shape index (κ1) is 25.4. The van der Waals surface area contributed by atoms with Gasteiger partial charge in [0.2, 0.25) is 0 Å². The quantitative estimate of drug-likeness (QED) is 0.359. The molecule has 1 aromatic rings. The van der Waals surface area contributed by atoms with Crippen LogP contribution in [-0.4, -0.2) is 22.7 Å². The number of carbonyl (C=O) groups is 1. The zero-order valence-electron chi connectivity index (χ0n) is 19.3. The molecule has 0 spiro atoms. The number of carboxylic acid groups (broad SMARTS) is 1. The summed E-state index contributed by atoms with van der Waals surface area (Å²) in [6.45, 7) is 11.1. The highest BCUT2D eigenvalue weighted by Crippen LogP contribution is 2.14. The summed E-state index contributed by atoms with van der Waals surface area (Å²) in [5.74, 6) is 0.453. The number of rotatable bonds is 12. The van der Waals surface area contributed by atoms with Gasteiger partial charge in [0.25, 0.3) is 0 Å². The Morgan fingerprint density at radius 3 is 1.87 bits per heavy atom. The second kappa shape index (κ2) is 14.4. The average Bonchev–Trinajstić information content (AvgIpc) is 2.68. The van der Waals surface area contributed by atoms with Gasteiger partial charge in [-0.15, -0.1) is 0 Å². The molecule has 1 rings (SSSR count). The number of amides is 1. The fourth-order valence-electron chi connectivity index (χ4n) is 3.02. The summed E-state index contributed by atoms with van der Waals surface area (Å²) in [4.78, 5) is 16.9. The molecule has 4 nitrogen and oxygen atoms in total. The summed E-state index contributed by atoms with van der Waals surface area (Å²) in [7, 11) is 0. The fraction of sp³-hybridized carbons (Fsp3) is 0.462. The first-order valence-electron chi connectivity index (χ1n) is 10.8. The van der Waals surface area contributed by atoms with E-state index in [1.807, 2.05) is 6.08 Å². The number of hydrogen-bond acceptors (Lipinski definition) is 2. The van der Waals surface area contributed by atoms with Crippen LogP contribution in [0.3, 0.4) is 0 Å². The van der Waals surface area contributed by atoms with E-state index in [-0.39, 0.29) is 0 Å². The van der Waals surface area contributed by atoms with E-state index >= 15 is 0 Å². The SMILES string of the molecule is CC(C)=CCCC(C)=CCCC(C)=CCCC(C)=CCN(C(=O)O)c1ccccn1. The van der Waals surface area contributed by atoms with Crippen LogP contribution in [0.4, 0.5) is 10.6 Å². The molecular weight excluding hydrogens is 372 g/mol. The van der Waals surface area contributed by atoms with Gasteiger partial charge in [0.1, 0.15) is 5.82 Å². The van der Waals surface area contributed by atoms with Crippen LogP contribution in [-0.2, 0) is 0 Å². The summed E-state index contributed by atoms with van der Waals surface area (Å²) in [6, 6.07) is 5.28. The van der Waals surface area contributed by atoms with Crippen LogP contribution < -0.4 is 4.90 Å². The Morgan fingerprint density at radius 2 is 1.40 bits per heavy atom. The molecular formula is C26H38N2O2. The first-order valence-corrected chi connectivity index (χ1v) is 10.8. The van der Waals surface area contributed by atoms with Crippen LogP contribution in [0.5, 0.6) is 0 Å². The van der Waals surface area contributed by atoms with Gasteiger partial charge < -0.3 is 5.11 Å². The van der Waals surface area contributed by atoms with Crippen molar-refractivity contribution in [3.63, 3.8) is 0 Å². The first-order chi connectivity index (χ1) is 14.3. The normalized spacial score (nSPS) is 12.6. The van der Waals surface area contributed by atoms with Crippen molar-refractivity contribution in [2.75, 3.05) is 11.4 Å². The van der Waals surface area contributed by atoms with Crippen molar-refractivity contribution in [1.82, 2.24) is 4.98 Å². The smallest absolute Gasteiger partial charge is 0.413 e. The second-order valence-electron chi connectivity index (χ2n) is 8.13. The van der Waals surface area contributed by atoms with Crippen LogP contribution in [0.25, 0.3) is 0 Å². The van der Waals surface area contributed by atoms with E-state index in [9.17, 15) is 9.90 Å². The molecule has 30 heavy (non-hydrogen) atoms. The lowest BCUT2D eigenvalue weighted by Crippen LogP contribution is -2.30. The number of hydrogen-bond donors (Lipinski definition) is 1. The summed E-state index contributed by atoms with van der Waals surface area (Å²) >= 11 is 0. The van der Waals surface area contributed by atoms with E-state index in [1.165, 1.54) is 27.2 Å². The van der Waals surface area contributed by atoms with Crippen LogP contribution in [0.15, 0.2) is 71.0 Å². The zero-order chi connectivity index (χ0) is 22.4. The van der Waals surface area contributed by atoms with Gasteiger partial charge in [-0.05, 0) is 85.3 Å². The van der Waals surface area contributed by atoms with Crippen molar-refractivity contribution >= 4 is 11.9 Å². The maximum absolute atomic E-state index is 11.5. The third kappa shape index (κ3) is 11.4. The highest BCUT2D eigenvalue weighted by Gasteiger charge is 2.13. The summed E-state index contributed by atoms with van der Waals surface area (Å²) in [6.07, 6.45) is 15.9. The Labute approximate surface area is 182 Å². The van der Waals surface area contributed by atoms with Crippen molar-refractivity contribution < 1.29 is 9.90 Å². The Kier molecular flexibility index (Phi) is 12.2. The monoisotopic (exact) mass is 410 g/mol. The van der Waals surface area contributed by atoms with Gasteiger partial charge in [-0.3, -0.25) is 4.90 Å². The molecule has 0 saturated carbocycles. The minimum absolute atomic E-state index is 0.317. The number of pyridine rings is 1. The molecule has 0 aliphatic heterocycles. The van der Waals surface area contributed by atoms with Crippen molar-refractivity contribution in [3.8, 4) is 0 Å². The number of allylic oxidation sites excluding steroid dienone is 7. The summed E-state index contributed by atoms with van der Waals surface area (Å²) in [5.41, 5.74) is 5.46. The lowest BCUT2D eigenvalue weighted by Gasteiger charge is -2.16. The molecule has 0 aliphatic rings. The number of nitrogens with zero attached hydrogens (tertiary/aromatic N) is 2. The fourth-order valence-corrected chi connectivity index (χ4v) is 3.02. The van der Waals surface area contributed by atoms with Crippen molar-refractivity contribution in [2.45, 2.75) is 73.1 Å². The molecule has 0 aliphatic carbocycles. The van der Waals surface area contributed by atoms with E-state index in [1.54, 1.807) is 24.4 Å². The van der Waals surface area contributed by atoms with Gasteiger partial charge in [-0.2, -0.15) is 0 Å². The summed E-state index contributed by atoms with van der Waals surface area (Å²) < 4.78 is 0. The molecule has 0 aromatic carbocycles. The standard InChI is InChI=1S/C26H38N2O2/c1-21(2)11-8-12-22(3)13-9-14-23(4)15-10-16-24(5)18-20-28(26(29)30)25-17-6-7-19-27-25/h6-7,11,13,15,17-19H,8-10,12,14,16,20H2,1-5H3,(H,29,30). The van der Waals surface area contributed by atoms with Crippen LogP contribution >= 0.6 is 0 Å². The van der Waals surface area contributed by atoms with Crippen LogP contribution in [0.2, 0.25) is 0 Å². The van der Waals surface area contributed by atoms with E-state index in [2.05, 4.69) is 57.8 Å². The molecule has 1 aromatic heterocycles. The largest absolute Gasteiger partial charge is 0.465 e. The lowest BCUT2D eigenvalue weighted by molar-refractivity contribution is 0.202. The predicted molar refractivity (Wildman–Crippen MR) is 128 cm³/mol. The van der Waals surface area contributed by atoms with Gasteiger partial charge in [-0.25, -0.2) is 9.78 Å². The predicted octanol–water partition coefficient (Wildman–Crippen LogP) is 7.71. The van der Waals surface area contributed by atoms with Crippen molar-refractivity contribution in [3.05, 3.63) is 71.0 Å². The van der Waals surface area contributed by atoms with Crippen molar-refractivity contribution in [1.29, 1.82) is 0 Å². The highest BCUT2D eigenvalue weighted by molar-refractivity contribution is 5.84. The molecule has 1 heterocycles. The second-order valence-corrected chi connectivity index (χ2v) is 8.13. The molecule has 0 unspecified atom stereocenters. The third-order valence-corrected chi connectivity index (χ3v) is 4.93. The van der Waals surface area contributed by atoms with Gasteiger partial charge >= 0.3 is 6.09 Å². The third-order valence-electron chi connectivity index (χ3n) is 4.93. The van der Waals surface area contributed by atoms with Gasteiger partial charge in [0.15, 0.2) is 0 Å². The molecule has 0 saturated heterocycles. The molecule has 0 fully saturated rings. The van der Waals surface area contributed by atoms with E-state index in [0.29, 0.717) is 12.4 Å². The molecule has 0 bridgehead atoms. The van der Waals surface area contributed by atoms with Gasteiger partial charge in [0, 0.05) is 12.7 Å². The highest BCUT2D eigenvalue weighted by atomic mass is 16.4. The van der Waals surface area contributed by atoms with Crippen LogP contribution in [0, 0.1) is 0 Å². The van der Waals surface area contributed by atoms with Crippen LogP contribution in [0.1, 0.15) is 73.1 Å². The molecule has 1 N–H and O–H groups in total. The number of aromatic nitrogens is 1. The molecule has 0 radical (unpaired) electrons. The molecule has 164 valence electrons. The van der Waals surface area contributed by atoms with Gasteiger partial charge in [-0.1, -0.05) is 52.7 Å². The molecule has 4 heteroatoms. The summed E-state index contributed by atoms with van der Waals surface area (Å²) in [5, 5.41) is 9.42. The Balaban J connectivity index is 2.40. The van der Waals surface area contributed by atoms with E-state index in [0.717, 1.165) is 38.5 Å². The maximum Gasteiger partial charge on any atom is 0.413 e. The van der Waals surface area contributed by atoms with E-state index in [4.69, 9.17) is 0 Å². The van der Waals surface area contributed by atoms with Gasteiger partial charge in [0.05, 0.1) is 0 Å². The van der Waals surface area contributed by atoms with Crippen molar-refractivity contribution in [2.24, 2.45) is 0 Å². The minimum atomic E-state index is -0.988. The Morgan fingerprint density at radius 1 is 0.867 bits per heavy atom. The molecule has 0 atom stereocenters. The average molecular weight is 411 g/mol. The topological polar surface area (TPSA) is 53.4 Å².